The van der Waals surface area contributed by atoms with Crippen molar-refractivity contribution in [2.24, 2.45) is 5.73 Å². The van der Waals surface area contributed by atoms with E-state index in [1.54, 1.807) is 0 Å². The van der Waals surface area contributed by atoms with Gasteiger partial charge >= 0.3 is 5.97 Å². The van der Waals surface area contributed by atoms with E-state index in [0.717, 1.165) is 12.0 Å². The topological polar surface area (TPSA) is 63.3 Å². The number of carboxylic acids is 1. The second-order valence-electron chi connectivity index (χ2n) is 4.96. The van der Waals surface area contributed by atoms with E-state index in [0.29, 0.717) is 5.92 Å². The molecule has 3 nitrogen and oxygen atoms in total. The van der Waals surface area contributed by atoms with Gasteiger partial charge in [0.2, 0.25) is 0 Å². The van der Waals surface area contributed by atoms with Crippen molar-refractivity contribution in [1.82, 2.24) is 0 Å². The summed E-state index contributed by atoms with van der Waals surface area (Å²) in [6.07, 6.45) is 3.58. The zero-order valence-electron chi connectivity index (χ0n) is 10.1. The Kier molecular flexibility index (Phi) is 3.48. The summed E-state index contributed by atoms with van der Waals surface area (Å²) in [5.41, 5.74) is 9.59. The monoisotopic (exact) mass is 233 g/mol. The van der Waals surface area contributed by atoms with Crippen LogP contribution >= 0.6 is 0 Å². The zero-order chi connectivity index (χ0) is 12.4. The van der Waals surface area contributed by atoms with Crippen molar-refractivity contribution < 1.29 is 9.90 Å². The lowest BCUT2D eigenvalue weighted by Crippen LogP contribution is -2.16. The maximum absolute atomic E-state index is 10.7. The van der Waals surface area contributed by atoms with Crippen LogP contribution in [0.3, 0.4) is 0 Å². The van der Waals surface area contributed by atoms with E-state index in [4.69, 9.17) is 10.8 Å². The molecule has 2 atom stereocenters. The number of fused-ring (bicyclic) bond motifs is 1. The van der Waals surface area contributed by atoms with Crippen LogP contribution in [0.5, 0.6) is 0 Å². The summed E-state index contributed by atoms with van der Waals surface area (Å²) in [4.78, 5) is 10.7. The van der Waals surface area contributed by atoms with E-state index in [1.807, 2.05) is 6.07 Å². The van der Waals surface area contributed by atoms with Gasteiger partial charge in [0.1, 0.15) is 0 Å². The van der Waals surface area contributed by atoms with Gasteiger partial charge < -0.3 is 10.8 Å². The predicted molar refractivity (Wildman–Crippen MR) is 67.0 cm³/mol. The minimum Gasteiger partial charge on any atom is -0.481 e. The Morgan fingerprint density at radius 1 is 1.59 bits per heavy atom. The van der Waals surface area contributed by atoms with Crippen LogP contribution in [0.1, 0.15) is 54.8 Å². The molecule has 2 unspecified atom stereocenters. The molecule has 1 aliphatic rings. The molecule has 0 amide bonds. The molecule has 0 spiro atoms. The van der Waals surface area contributed by atoms with E-state index >= 15 is 0 Å². The quantitative estimate of drug-likeness (QED) is 0.843. The highest BCUT2D eigenvalue weighted by Crippen LogP contribution is 2.32. The van der Waals surface area contributed by atoms with Crippen molar-refractivity contribution in [2.45, 2.75) is 44.6 Å². The summed E-state index contributed by atoms with van der Waals surface area (Å²) >= 11 is 0. The lowest BCUT2D eigenvalue weighted by molar-refractivity contribution is -0.137. The lowest BCUT2D eigenvalue weighted by atomic mass is 9.82. The van der Waals surface area contributed by atoms with Crippen LogP contribution in [0.25, 0.3) is 0 Å². The number of benzene rings is 1. The molecule has 0 aliphatic heterocycles. The molecular weight excluding hydrogens is 214 g/mol. The average molecular weight is 233 g/mol. The molecule has 2 rings (SSSR count). The van der Waals surface area contributed by atoms with Gasteiger partial charge in [-0.2, -0.15) is 0 Å². The molecule has 17 heavy (non-hydrogen) atoms. The molecule has 0 radical (unpaired) electrons. The second kappa shape index (κ2) is 4.88. The Morgan fingerprint density at radius 2 is 2.35 bits per heavy atom. The van der Waals surface area contributed by atoms with Crippen LogP contribution in [0.2, 0.25) is 0 Å². The summed E-state index contributed by atoms with van der Waals surface area (Å²) in [6, 6.07) is 5.80. The van der Waals surface area contributed by atoms with Crippen molar-refractivity contribution in [3.05, 3.63) is 34.9 Å². The van der Waals surface area contributed by atoms with Crippen molar-refractivity contribution in [2.75, 3.05) is 0 Å². The number of aliphatic carboxylic acids is 1. The highest BCUT2D eigenvalue weighted by Gasteiger charge is 2.18. The molecule has 0 saturated carbocycles. The van der Waals surface area contributed by atoms with E-state index in [2.05, 4.69) is 19.1 Å². The third-order valence-corrected chi connectivity index (χ3v) is 3.61. The van der Waals surface area contributed by atoms with Gasteiger partial charge in [-0.25, -0.2) is 0 Å². The molecule has 3 N–H and O–H groups in total. The lowest BCUT2D eigenvalue weighted by Gasteiger charge is -2.24. The first-order chi connectivity index (χ1) is 8.08. The second-order valence-corrected chi connectivity index (χ2v) is 4.96. The van der Waals surface area contributed by atoms with E-state index in [9.17, 15) is 4.79 Å². The zero-order valence-corrected chi connectivity index (χ0v) is 10.1. The van der Waals surface area contributed by atoms with Crippen LogP contribution in [-0.2, 0) is 11.2 Å². The minimum atomic E-state index is -0.844. The highest BCUT2D eigenvalue weighted by atomic mass is 16.4. The number of nitrogens with two attached hydrogens (primary N) is 1. The van der Waals surface area contributed by atoms with Crippen LogP contribution in [0, 0.1) is 0 Å². The molecule has 3 heteroatoms. The van der Waals surface area contributed by atoms with Crippen LogP contribution in [-0.4, -0.2) is 11.1 Å². The number of rotatable bonds is 3. The van der Waals surface area contributed by atoms with Crippen LogP contribution < -0.4 is 5.73 Å². The fourth-order valence-electron chi connectivity index (χ4n) is 2.59. The van der Waals surface area contributed by atoms with Gasteiger partial charge in [0.05, 0.1) is 6.42 Å². The molecule has 1 aliphatic carbocycles. The average Bonchev–Trinajstić information content (AvgIpc) is 2.28. The first-order valence-corrected chi connectivity index (χ1v) is 6.18. The van der Waals surface area contributed by atoms with Crippen molar-refractivity contribution in [3.8, 4) is 0 Å². The Balaban J connectivity index is 2.25. The predicted octanol–water partition coefficient (Wildman–Crippen LogP) is 2.60. The fraction of sp³-hybridized carbons (Fsp3) is 0.500. The smallest absolute Gasteiger partial charge is 0.305 e. The normalized spacial score (nSPS) is 20.7. The van der Waals surface area contributed by atoms with E-state index in [-0.39, 0.29) is 6.42 Å². The Morgan fingerprint density at radius 3 is 3.06 bits per heavy atom. The standard InChI is InChI=1S/C14H19NO2/c1-9-3-2-4-10-5-6-11(7-12(9)10)13(15)8-14(16)17/h5-7,9,13H,2-4,8,15H2,1H3,(H,16,17). The summed E-state index contributed by atoms with van der Waals surface area (Å²) < 4.78 is 0. The number of carboxylic acid groups (broad SMARTS) is 1. The Bertz CT molecular complexity index is 428. The third kappa shape index (κ3) is 2.67. The number of hydrogen-bond donors (Lipinski definition) is 2. The number of aryl methyl sites for hydroxylation is 1. The number of carbonyl (C=O) groups is 1. The van der Waals surface area contributed by atoms with Gasteiger partial charge in [0.15, 0.2) is 0 Å². The summed E-state index contributed by atoms with van der Waals surface area (Å²) in [7, 11) is 0. The summed E-state index contributed by atoms with van der Waals surface area (Å²) in [5.74, 6) is -0.279. The van der Waals surface area contributed by atoms with E-state index < -0.39 is 12.0 Å². The molecule has 0 aromatic heterocycles. The summed E-state index contributed by atoms with van der Waals surface area (Å²) in [6.45, 7) is 2.23. The molecule has 0 saturated heterocycles. The maximum Gasteiger partial charge on any atom is 0.305 e. The van der Waals surface area contributed by atoms with Crippen molar-refractivity contribution in [3.63, 3.8) is 0 Å². The summed E-state index contributed by atoms with van der Waals surface area (Å²) in [5, 5.41) is 8.76. The molecule has 1 aromatic carbocycles. The molecule has 0 heterocycles. The SMILES string of the molecule is CC1CCCc2ccc(C(N)CC(=O)O)cc21. The van der Waals surface area contributed by atoms with Crippen molar-refractivity contribution in [1.29, 1.82) is 0 Å². The van der Waals surface area contributed by atoms with Gasteiger partial charge in [-0.15, -0.1) is 0 Å². The van der Waals surface area contributed by atoms with Gasteiger partial charge in [-0.3, -0.25) is 4.79 Å². The molecule has 92 valence electrons. The van der Waals surface area contributed by atoms with E-state index in [1.165, 1.54) is 24.0 Å². The van der Waals surface area contributed by atoms with Crippen molar-refractivity contribution >= 4 is 5.97 Å². The molecule has 1 aromatic rings. The molecular formula is C14H19NO2. The first-order valence-electron chi connectivity index (χ1n) is 6.18. The Hall–Kier alpha value is -1.35. The largest absolute Gasteiger partial charge is 0.481 e. The number of hydrogen-bond acceptors (Lipinski definition) is 2. The minimum absolute atomic E-state index is 0.00678. The highest BCUT2D eigenvalue weighted by molar-refractivity contribution is 5.68. The Labute approximate surface area is 102 Å². The first kappa shape index (κ1) is 12.1. The van der Waals surface area contributed by atoms with Crippen LogP contribution in [0.4, 0.5) is 0 Å². The van der Waals surface area contributed by atoms with Crippen LogP contribution in [0.15, 0.2) is 18.2 Å². The fourth-order valence-corrected chi connectivity index (χ4v) is 2.59. The molecule has 0 fully saturated rings. The van der Waals surface area contributed by atoms with Gasteiger partial charge in [0.25, 0.3) is 0 Å². The third-order valence-electron chi connectivity index (χ3n) is 3.61. The molecule has 0 bridgehead atoms. The van der Waals surface area contributed by atoms with Gasteiger partial charge in [0, 0.05) is 6.04 Å². The van der Waals surface area contributed by atoms with Gasteiger partial charge in [-0.05, 0) is 41.9 Å². The maximum atomic E-state index is 10.7. The van der Waals surface area contributed by atoms with Gasteiger partial charge in [-0.1, -0.05) is 25.1 Å².